The second kappa shape index (κ2) is 5.32. The predicted molar refractivity (Wildman–Crippen MR) is 67.4 cm³/mol. The Morgan fingerprint density at radius 3 is 2.83 bits per heavy atom. The monoisotopic (exact) mass is 318 g/mol. The van der Waals surface area contributed by atoms with E-state index in [1.807, 2.05) is 6.92 Å². The van der Waals surface area contributed by atoms with Crippen LogP contribution in [0.1, 0.15) is 17.3 Å². The van der Waals surface area contributed by atoms with Crippen LogP contribution in [0.5, 0.6) is 0 Å². The van der Waals surface area contributed by atoms with Gasteiger partial charge in [0.05, 0.1) is 10.0 Å². The van der Waals surface area contributed by atoms with Crippen LogP contribution in [0.2, 0.25) is 0 Å². The summed E-state index contributed by atoms with van der Waals surface area (Å²) in [6.45, 7) is 3.60. The van der Waals surface area contributed by atoms with Crippen molar-refractivity contribution in [1.29, 1.82) is 0 Å². The fourth-order valence-electron chi connectivity index (χ4n) is 1.98. The summed E-state index contributed by atoms with van der Waals surface area (Å²) in [6.07, 6.45) is 0. The molecule has 1 fully saturated rings. The Labute approximate surface area is 112 Å². The summed E-state index contributed by atoms with van der Waals surface area (Å²) in [4.78, 5) is 13.6. The Bertz CT molecular complexity index is 481. The quantitative estimate of drug-likeness (QED) is 0.805. The Balaban J connectivity index is 2.26. The highest BCUT2D eigenvalue weighted by Crippen LogP contribution is 2.22. The summed E-state index contributed by atoms with van der Waals surface area (Å²) in [5, 5.41) is 3.18. The maximum Gasteiger partial charge on any atom is 0.257 e. The number of hydrogen-bond donors (Lipinski definition) is 1. The molecule has 2 rings (SSSR count). The molecule has 0 aliphatic carbocycles. The minimum Gasteiger partial charge on any atom is -0.336 e. The van der Waals surface area contributed by atoms with E-state index in [2.05, 4.69) is 21.2 Å². The van der Waals surface area contributed by atoms with Gasteiger partial charge in [-0.05, 0) is 35.0 Å². The average molecular weight is 319 g/mol. The van der Waals surface area contributed by atoms with E-state index in [1.54, 1.807) is 0 Å². The Hall–Kier alpha value is -1.01. The zero-order chi connectivity index (χ0) is 13.3. The van der Waals surface area contributed by atoms with Crippen LogP contribution in [-0.2, 0) is 0 Å². The number of nitrogens with one attached hydrogen (secondary N) is 1. The molecule has 3 nitrogen and oxygen atoms in total. The van der Waals surface area contributed by atoms with E-state index >= 15 is 0 Å². The lowest BCUT2D eigenvalue weighted by molar-refractivity contribution is 0.0703. The van der Waals surface area contributed by atoms with Crippen molar-refractivity contribution in [2.24, 2.45) is 0 Å². The normalized spacial score (nSPS) is 20.0. The summed E-state index contributed by atoms with van der Waals surface area (Å²) in [5.74, 6) is -2.59. The molecule has 1 aromatic rings. The lowest BCUT2D eigenvalue weighted by atomic mass is 10.1. The van der Waals surface area contributed by atoms with Gasteiger partial charge < -0.3 is 10.2 Å². The SMILES string of the molecule is C[C@H]1CN(C(=O)c2ccc(Br)c(F)c2F)CCN1. The number of carbonyl (C=O) groups is 1. The third-order valence-electron chi connectivity index (χ3n) is 2.92. The first kappa shape index (κ1) is 13.4. The van der Waals surface area contributed by atoms with Crippen LogP contribution in [0.4, 0.5) is 8.78 Å². The molecule has 18 heavy (non-hydrogen) atoms. The minimum absolute atomic E-state index is 0.0187. The van der Waals surface area contributed by atoms with Gasteiger partial charge in [0.15, 0.2) is 11.6 Å². The van der Waals surface area contributed by atoms with Gasteiger partial charge in [-0.15, -0.1) is 0 Å². The zero-order valence-electron chi connectivity index (χ0n) is 9.84. The highest BCUT2D eigenvalue weighted by atomic mass is 79.9. The van der Waals surface area contributed by atoms with E-state index in [4.69, 9.17) is 0 Å². The fraction of sp³-hybridized carbons (Fsp3) is 0.417. The third kappa shape index (κ3) is 2.54. The molecule has 1 aromatic carbocycles. The second-order valence-electron chi connectivity index (χ2n) is 4.33. The minimum atomic E-state index is -1.10. The second-order valence-corrected chi connectivity index (χ2v) is 5.18. The average Bonchev–Trinajstić information content (AvgIpc) is 2.35. The Morgan fingerprint density at radius 2 is 2.17 bits per heavy atom. The van der Waals surface area contributed by atoms with Crippen LogP contribution < -0.4 is 5.32 Å². The highest BCUT2D eigenvalue weighted by molar-refractivity contribution is 9.10. The standard InChI is InChI=1S/C12H13BrF2N2O/c1-7-6-17(5-4-16-7)12(18)8-2-3-9(13)11(15)10(8)14/h2-3,7,16H,4-6H2,1H3/t7-/m0/s1. The van der Waals surface area contributed by atoms with Crippen molar-refractivity contribution in [1.82, 2.24) is 10.2 Å². The van der Waals surface area contributed by atoms with Gasteiger partial charge in [-0.25, -0.2) is 8.78 Å². The van der Waals surface area contributed by atoms with Crippen molar-refractivity contribution >= 4 is 21.8 Å². The number of nitrogens with zero attached hydrogens (tertiary/aromatic N) is 1. The zero-order valence-corrected chi connectivity index (χ0v) is 11.4. The molecule has 1 amide bonds. The molecule has 0 radical (unpaired) electrons. The Kier molecular flexibility index (Phi) is 3.97. The summed E-state index contributed by atoms with van der Waals surface area (Å²) >= 11 is 2.88. The molecule has 0 saturated carbocycles. The molecule has 1 N–H and O–H groups in total. The first-order chi connectivity index (χ1) is 8.50. The molecule has 1 heterocycles. The molecule has 98 valence electrons. The molecule has 1 atom stereocenters. The van der Waals surface area contributed by atoms with E-state index in [9.17, 15) is 13.6 Å². The van der Waals surface area contributed by atoms with Crippen molar-refractivity contribution in [3.05, 3.63) is 33.8 Å². The summed E-state index contributed by atoms with van der Waals surface area (Å²) in [5.41, 5.74) is -0.218. The molecule has 0 aromatic heterocycles. The fourth-order valence-corrected chi connectivity index (χ4v) is 2.28. The van der Waals surface area contributed by atoms with Crippen molar-refractivity contribution in [3.8, 4) is 0 Å². The molecule has 0 bridgehead atoms. The van der Waals surface area contributed by atoms with Crippen molar-refractivity contribution < 1.29 is 13.6 Å². The topological polar surface area (TPSA) is 32.3 Å². The van der Waals surface area contributed by atoms with Gasteiger partial charge in [-0.1, -0.05) is 0 Å². The molecular weight excluding hydrogens is 306 g/mol. The van der Waals surface area contributed by atoms with Gasteiger partial charge in [0.25, 0.3) is 5.91 Å². The van der Waals surface area contributed by atoms with Crippen molar-refractivity contribution in [2.45, 2.75) is 13.0 Å². The van der Waals surface area contributed by atoms with Gasteiger partial charge in [0, 0.05) is 25.7 Å². The number of halogens is 3. The molecule has 1 saturated heterocycles. The Morgan fingerprint density at radius 1 is 1.44 bits per heavy atom. The van der Waals surface area contributed by atoms with Crippen molar-refractivity contribution in [2.75, 3.05) is 19.6 Å². The first-order valence-corrected chi connectivity index (χ1v) is 6.46. The number of carbonyl (C=O) groups excluding carboxylic acids is 1. The van der Waals surface area contributed by atoms with Crippen LogP contribution in [-0.4, -0.2) is 36.5 Å². The number of amides is 1. The lowest BCUT2D eigenvalue weighted by Gasteiger charge is -2.32. The highest BCUT2D eigenvalue weighted by Gasteiger charge is 2.25. The number of hydrogen-bond acceptors (Lipinski definition) is 2. The van der Waals surface area contributed by atoms with Crippen LogP contribution in [0.15, 0.2) is 16.6 Å². The van der Waals surface area contributed by atoms with Crippen LogP contribution in [0.25, 0.3) is 0 Å². The molecule has 6 heteroatoms. The molecule has 0 unspecified atom stereocenters. The maximum atomic E-state index is 13.7. The van der Waals surface area contributed by atoms with E-state index in [1.165, 1.54) is 17.0 Å². The van der Waals surface area contributed by atoms with E-state index in [-0.39, 0.29) is 16.1 Å². The van der Waals surface area contributed by atoms with Gasteiger partial charge in [0.1, 0.15) is 0 Å². The summed E-state index contributed by atoms with van der Waals surface area (Å²) < 4.78 is 27.1. The maximum absolute atomic E-state index is 13.7. The van der Waals surface area contributed by atoms with E-state index < -0.39 is 17.5 Å². The van der Waals surface area contributed by atoms with Crippen LogP contribution in [0, 0.1) is 11.6 Å². The number of piperazine rings is 1. The smallest absolute Gasteiger partial charge is 0.257 e. The summed E-state index contributed by atoms with van der Waals surface area (Å²) in [6, 6.07) is 2.81. The van der Waals surface area contributed by atoms with Gasteiger partial charge in [0.2, 0.25) is 0 Å². The molecule has 0 spiro atoms. The number of rotatable bonds is 1. The van der Waals surface area contributed by atoms with Gasteiger partial charge >= 0.3 is 0 Å². The molecule has 1 aliphatic rings. The molecular formula is C12H13BrF2N2O. The summed E-state index contributed by atoms with van der Waals surface area (Å²) in [7, 11) is 0. The first-order valence-electron chi connectivity index (χ1n) is 5.67. The van der Waals surface area contributed by atoms with Gasteiger partial charge in [-0.2, -0.15) is 0 Å². The van der Waals surface area contributed by atoms with E-state index in [0.717, 1.165) is 0 Å². The largest absolute Gasteiger partial charge is 0.336 e. The van der Waals surface area contributed by atoms with Gasteiger partial charge in [-0.3, -0.25) is 4.79 Å². The molecule has 1 aliphatic heterocycles. The number of benzene rings is 1. The van der Waals surface area contributed by atoms with Crippen LogP contribution in [0.3, 0.4) is 0 Å². The third-order valence-corrected chi connectivity index (χ3v) is 3.53. The lowest BCUT2D eigenvalue weighted by Crippen LogP contribution is -2.51. The van der Waals surface area contributed by atoms with E-state index in [0.29, 0.717) is 19.6 Å². The predicted octanol–water partition coefficient (Wildman–Crippen LogP) is 2.16. The van der Waals surface area contributed by atoms with Crippen LogP contribution >= 0.6 is 15.9 Å². The van der Waals surface area contributed by atoms with Crippen molar-refractivity contribution in [3.63, 3.8) is 0 Å².